The van der Waals surface area contributed by atoms with Gasteiger partial charge in [0.1, 0.15) is 12.7 Å². The highest BCUT2D eigenvalue weighted by molar-refractivity contribution is 5.87. The van der Waals surface area contributed by atoms with Gasteiger partial charge >= 0.3 is 5.97 Å². The molecular weight excluding hydrogens is 332 g/mol. The maximum Gasteiger partial charge on any atom is 0.307 e. The first-order valence-corrected chi connectivity index (χ1v) is 8.71. The van der Waals surface area contributed by atoms with Gasteiger partial charge in [0.25, 0.3) is 0 Å². The van der Waals surface area contributed by atoms with E-state index in [2.05, 4.69) is 15.4 Å². The third-order valence-electron chi connectivity index (χ3n) is 5.46. The first kappa shape index (κ1) is 16.5. The lowest BCUT2D eigenvalue weighted by molar-refractivity contribution is -0.148. The molecule has 7 nitrogen and oxygen atoms in total. The van der Waals surface area contributed by atoms with Crippen molar-refractivity contribution >= 4 is 11.9 Å². The maximum absolute atomic E-state index is 12.8. The molecule has 2 aliphatic rings. The van der Waals surface area contributed by atoms with E-state index in [1.54, 1.807) is 11.0 Å². The van der Waals surface area contributed by atoms with E-state index in [1.807, 2.05) is 43.3 Å². The minimum absolute atomic E-state index is 0.0229. The lowest BCUT2D eigenvalue weighted by Gasteiger charge is -2.26. The summed E-state index contributed by atoms with van der Waals surface area (Å²) in [6, 6.07) is 7.45. The van der Waals surface area contributed by atoms with Gasteiger partial charge in [0.05, 0.1) is 23.6 Å². The number of rotatable bonds is 5. The number of nitrogens with zero attached hydrogens (tertiary/aromatic N) is 3. The largest absolute Gasteiger partial charge is 0.481 e. The third kappa shape index (κ3) is 2.79. The van der Waals surface area contributed by atoms with Crippen molar-refractivity contribution in [1.82, 2.24) is 20.1 Å². The average Bonchev–Trinajstić information content (AvgIpc) is 3.37. The quantitative estimate of drug-likeness (QED) is 0.802. The molecular formula is C19H20N4O3. The number of fused-ring (bicyclic) bond motifs is 2. The first-order chi connectivity index (χ1) is 12.5. The smallest absolute Gasteiger partial charge is 0.307 e. The molecule has 7 heteroatoms. The van der Waals surface area contributed by atoms with Gasteiger partial charge in [-0.25, -0.2) is 9.67 Å². The fourth-order valence-corrected chi connectivity index (χ4v) is 4.19. The van der Waals surface area contributed by atoms with Gasteiger partial charge in [0.2, 0.25) is 5.91 Å². The van der Waals surface area contributed by atoms with Gasteiger partial charge in [-0.05, 0) is 42.9 Å². The van der Waals surface area contributed by atoms with Gasteiger partial charge in [-0.2, -0.15) is 5.10 Å². The summed E-state index contributed by atoms with van der Waals surface area (Å²) >= 11 is 0. The number of hydrogen-bond donors (Lipinski definition) is 2. The zero-order valence-corrected chi connectivity index (χ0v) is 14.3. The minimum atomic E-state index is -0.886. The van der Waals surface area contributed by atoms with E-state index in [1.165, 1.54) is 6.33 Å². The Balaban J connectivity index is 1.51. The van der Waals surface area contributed by atoms with Crippen molar-refractivity contribution in [2.24, 2.45) is 23.7 Å². The number of hydrogen-bond acceptors (Lipinski definition) is 4. The van der Waals surface area contributed by atoms with Crippen molar-refractivity contribution in [1.29, 1.82) is 0 Å². The number of aliphatic carboxylic acids is 1. The maximum atomic E-state index is 12.8. The molecule has 1 amide bonds. The minimum Gasteiger partial charge on any atom is -0.481 e. The average molecular weight is 352 g/mol. The van der Waals surface area contributed by atoms with Crippen molar-refractivity contribution < 1.29 is 14.7 Å². The Morgan fingerprint density at radius 2 is 2.04 bits per heavy atom. The van der Waals surface area contributed by atoms with E-state index in [0.717, 1.165) is 17.7 Å². The summed E-state index contributed by atoms with van der Waals surface area (Å²) < 4.78 is 1.65. The summed E-state index contributed by atoms with van der Waals surface area (Å²) in [5.74, 6) is -2.20. The first-order valence-electron chi connectivity index (χ1n) is 8.71. The predicted octanol–water partition coefficient (Wildman–Crippen LogP) is 1.97. The normalized spacial score (nSPS) is 27.4. The number of nitrogens with one attached hydrogen (secondary N) is 1. The van der Waals surface area contributed by atoms with Gasteiger partial charge in [-0.15, -0.1) is 0 Å². The van der Waals surface area contributed by atoms with Crippen LogP contribution in [-0.4, -0.2) is 31.7 Å². The van der Waals surface area contributed by atoms with Crippen LogP contribution in [0.1, 0.15) is 24.9 Å². The van der Waals surface area contributed by atoms with Crippen molar-refractivity contribution in [3.63, 3.8) is 0 Å². The van der Waals surface area contributed by atoms with Gasteiger partial charge in [-0.3, -0.25) is 9.59 Å². The SMILES string of the molecule is C[C@H](NC(=O)[C@H]1[C@H](C(=O)O)[C@H]2C=C[C@H]1C2)c1cccc(-n2cncn2)c1. The number of carbonyl (C=O) groups is 2. The molecule has 1 heterocycles. The Morgan fingerprint density at radius 3 is 2.73 bits per heavy atom. The van der Waals surface area contributed by atoms with Gasteiger partial charge < -0.3 is 10.4 Å². The molecule has 2 aliphatic carbocycles. The molecule has 0 aliphatic heterocycles. The topological polar surface area (TPSA) is 97.1 Å². The Hall–Kier alpha value is -2.96. The zero-order chi connectivity index (χ0) is 18.3. The van der Waals surface area contributed by atoms with Crippen LogP contribution < -0.4 is 5.32 Å². The molecule has 2 N–H and O–H groups in total. The van der Waals surface area contributed by atoms with Crippen molar-refractivity contribution in [2.75, 3.05) is 0 Å². The lowest BCUT2D eigenvalue weighted by Crippen LogP contribution is -2.41. The van der Waals surface area contributed by atoms with E-state index in [-0.39, 0.29) is 23.8 Å². The van der Waals surface area contributed by atoms with Gasteiger partial charge in [-0.1, -0.05) is 24.3 Å². The number of carboxylic acids is 1. The molecule has 2 bridgehead atoms. The summed E-state index contributed by atoms with van der Waals surface area (Å²) in [5, 5.41) is 16.6. The summed E-state index contributed by atoms with van der Waals surface area (Å²) in [6.45, 7) is 1.90. The lowest BCUT2D eigenvalue weighted by atomic mass is 9.82. The van der Waals surface area contributed by atoms with E-state index in [4.69, 9.17) is 0 Å². The number of carbonyl (C=O) groups excluding carboxylic acids is 1. The number of amides is 1. The van der Waals surface area contributed by atoms with Crippen molar-refractivity contribution in [2.45, 2.75) is 19.4 Å². The van der Waals surface area contributed by atoms with Crippen molar-refractivity contribution in [3.8, 4) is 5.69 Å². The summed E-state index contributed by atoms with van der Waals surface area (Å²) in [6.07, 6.45) is 7.77. The standard InChI is InChI=1S/C19H20N4O3/c1-11(12-3-2-4-15(8-12)23-10-20-9-21-23)22-18(24)16-13-5-6-14(7-13)17(16)19(25)26/h2-6,8-11,13-14,16-17H,7H2,1H3,(H,22,24)(H,25,26)/t11-,13-,14-,16+,17+/m0/s1. The third-order valence-corrected chi connectivity index (χ3v) is 5.46. The van der Waals surface area contributed by atoms with Crippen LogP contribution in [0.3, 0.4) is 0 Å². The Kier molecular flexibility index (Phi) is 4.06. The zero-order valence-electron chi connectivity index (χ0n) is 14.3. The Morgan fingerprint density at radius 1 is 1.27 bits per heavy atom. The molecule has 2 aromatic rings. The molecule has 0 saturated heterocycles. The van der Waals surface area contributed by atoms with E-state index >= 15 is 0 Å². The van der Waals surface area contributed by atoms with Gasteiger partial charge in [0, 0.05) is 0 Å². The second-order valence-electron chi connectivity index (χ2n) is 7.00. The van der Waals surface area contributed by atoms with Crippen LogP contribution in [0.25, 0.3) is 5.69 Å². The van der Waals surface area contributed by atoms with Crippen LogP contribution >= 0.6 is 0 Å². The van der Waals surface area contributed by atoms with E-state index in [0.29, 0.717) is 0 Å². The van der Waals surface area contributed by atoms with Crippen LogP contribution in [0.15, 0.2) is 49.1 Å². The van der Waals surface area contributed by atoms with Crippen molar-refractivity contribution in [3.05, 3.63) is 54.6 Å². The second-order valence-corrected chi connectivity index (χ2v) is 7.00. The molecule has 4 rings (SSSR count). The molecule has 1 saturated carbocycles. The summed E-state index contributed by atoms with van der Waals surface area (Å²) in [4.78, 5) is 28.4. The molecule has 1 aromatic heterocycles. The Labute approximate surface area is 150 Å². The number of benzene rings is 1. The number of aromatic nitrogens is 3. The molecule has 1 fully saturated rings. The molecule has 1 aromatic carbocycles. The molecule has 134 valence electrons. The highest BCUT2D eigenvalue weighted by atomic mass is 16.4. The predicted molar refractivity (Wildman–Crippen MR) is 93.3 cm³/mol. The molecule has 0 spiro atoms. The van der Waals surface area contributed by atoms with Crippen LogP contribution in [-0.2, 0) is 9.59 Å². The highest BCUT2D eigenvalue weighted by Crippen LogP contribution is 2.48. The fourth-order valence-electron chi connectivity index (χ4n) is 4.19. The molecule has 26 heavy (non-hydrogen) atoms. The van der Waals surface area contributed by atoms with Gasteiger partial charge in [0.15, 0.2) is 0 Å². The van der Waals surface area contributed by atoms with Crippen LogP contribution in [0.2, 0.25) is 0 Å². The van der Waals surface area contributed by atoms with Crippen LogP contribution in [0.4, 0.5) is 0 Å². The second kappa shape index (κ2) is 6.40. The van der Waals surface area contributed by atoms with Crippen LogP contribution in [0, 0.1) is 23.7 Å². The number of allylic oxidation sites excluding steroid dienone is 2. The number of carboxylic acid groups (broad SMARTS) is 1. The fraction of sp³-hybridized carbons (Fsp3) is 0.368. The van der Waals surface area contributed by atoms with E-state index < -0.39 is 17.8 Å². The molecule has 5 atom stereocenters. The molecule has 0 radical (unpaired) electrons. The monoisotopic (exact) mass is 352 g/mol. The van der Waals surface area contributed by atoms with Crippen LogP contribution in [0.5, 0.6) is 0 Å². The Bertz CT molecular complexity index is 861. The molecule has 0 unspecified atom stereocenters. The van der Waals surface area contributed by atoms with E-state index in [9.17, 15) is 14.7 Å². The summed E-state index contributed by atoms with van der Waals surface area (Å²) in [5.41, 5.74) is 1.78. The summed E-state index contributed by atoms with van der Waals surface area (Å²) in [7, 11) is 0. The highest BCUT2D eigenvalue weighted by Gasteiger charge is 2.51.